The monoisotopic (exact) mass is 482 g/mol. The van der Waals surface area contributed by atoms with Crippen LogP contribution in [-0.2, 0) is 12.3 Å². The zero-order valence-corrected chi connectivity index (χ0v) is 21.0. The lowest BCUT2D eigenvalue weighted by molar-refractivity contribution is 0.101. The topological polar surface area (TPSA) is 69.3 Å². The first-order valence-electron chi connectivity index (χ1n) is 11.5. The molecule has 5 aromatic rings. The van der Waals surface area contributed by atoms with Crippen LogP contribution in [0.2, 0.25) is 0 Å². The number of aromatic nitrogens is 4. The Morgan fingerprint density at radius 3 is 2.40 bits per heavy atom. The summed E-state index contributed by atoms with van der Waals surface area (Å²) in [4.78, 5) is 25.7. The van der Waals surface area contributed by atoms with Gasteiger partial charge in [-0.3, -0.25) is 18.6 Å². The number of carbonyl (C=O) groups excluding carboxylic acids is 1. The smallest absolute Gasteiger partial charge is 0.263 e. The summed E-state index contributed by atoms with van der Waals surface area (Å²) in [5.41, 5.74) is 6.81. The molecular formula is C28H26N4O2S. The molecule has 176 valence electrons. The van der Waals surface area contributed by atoms with Crippen LogP contribution in [0, 0.1) is 20.8 Å². The Labute approximate surface area is 207 Å². The minimum absolute atomic E-state index is 0.0788. The van der Waals surface area contributed by atoms with Crippen LogP contribution in [0.15, 0.2) is 70.6 Å². The number of benzene rings is 3. The van der Waals surface area contributed by atoms with Crippen molar-refractivity contribution in [2.75, 3.05) is 0 Å². The van der Waals surface area contributed by atoms with E-state index in [2.05, 4.69) is 23.2 Å². The Hall–Kier alpha value is -3.71. The fraction of sp³-hybridized carbons (Fsp3) is 0.214. The summed E-state index contributed by atoms with van der Waals surface area (Å²) in [7, 11) is 0. The third-order valence-corrected chi connectivity index (χ3v) is 7.45. The van der Waals surface area contributed by atoms with Gasteiger partial charge >= 0.3 is 0 Å². The summed E-state index contributed by atoms with van der Waals surface area (Å²) in [5, 5.41) is 10.3. The maximum Gasteiger partial charge on any atom is 0.263 e. The summed E-state index contributed by atoms with van der Waals surface area (Å²) in [6, 6.07) is 19.5. The molecule has 0 saturated carbocycles. The zero-order chi connectivity index (χ0) is 24.7. The van der Waals surface area contributed by atoms with Crippen molar-refractivity contribution in [2.24, 2.45) is 0 Å². The predicted molar refractivity (Wildman–Crippen MR) is 141 cm³/mol. The normalized spacial score (nSPS) is 11.4. The lowest BCUT2D eigenvalue weighted by Crippen LogP contribution is -2.24. The number of rotatable bonds is 6. The van der Waals surface area contributed by atoms with Gasteiger partial charge in [-0.1, -0.05) is 60.3 Å². The molecule has 0 bridgehead atoms. The fourth-order valence-corrected chi connectivity index (χ4v) is 5.99. The van der Waals surface area contributed by atoms with Crippen LogP contribution in [0.5, 0.6) is 0 Å². The predicted octanol–water partition coefficient (Wildman–Crippen LogP) is 5.51. The second kappa shape index (κ2) is 9.15. The molecule has 35 heavy (non-hydrogen) atoms. The van der Waals surface area contributed by atoms with Gasteiger partial charge in [-0.2, -0.15) is 0 Å². The first kappa shape index (κ1) is 23.1. The molecule has 3 aromatic carbocycles. The highest BCUT2D eigenvalue weighted by atomic mass is 32.2. The minimum atomic E-state index is -0.0859. The Morgan fingerprint density at radius 2 is 1.66 bits per heavy atom. The van der Waals surface area contributed by atoms with Crippen molar-refractivity contribution in [3.05, 3.63) is 104 Å². The fourth-order valence-electron chi connectivity index (χ4n) is 4.86. The number of aryl methyl sites for hydroxylation is 2. The number of para-hydroxylation sites is 1. The van der Waals surface area contributed by atoms with Crippen LogP contribution >= 0.6 is 11.8 Å². The molecule has 0 radical (unpaired) electrons. The molecule has 0 aliphatic rings. The van der Waals surface area contributed by atoms with Crippen molar-refractivity contribution in [3.8, 4) is 0 Å². The van der Waals surface area contributed by atoms with E-state index in [4.69, 9.17) is 0 Å². The molecule has 0 N–H and O–H groups in total. The SMILES string of the molecule is CC(=O)c1c(C)cc(C)c(CSc2nnc3n(Cc4ccccc4)c(=O)c4ccccc4n23)c1C. The van der Waals surface area contributed by atoms with E-state index < -0.39 is 0 Å². The van der Waals surface area contributed by atoms with Gasteiger partial charge in [0, 0.05) is 11.3 Å². The Kier molecular flexibility index (Phi) is 6.03. The Bertz CT molecular complexity index is 1650. The molecule has 0 fully saturated rings. The Balaban J connectivity index is 1.63. The molecule has 0 spiro atoms. The summed E-state index contributed by atoms with van der Waals surface area (Å²) in [5.74, 6) is 1.24. The highest BCUT2D eigenvalue weighted by Gasteiger charge is 2.19. The molecule has 0 aliphatic carbocycles. The van der Waals surface area contributed by atoms with Crippen molar-refractivity contribution in [3.63, 3.8) is 0 Å². The van der Waals surface area contributed by atoms with Gasteiger partial charge in [-0.25, -0.2) is 0 Å². The number of hydrogen-bond donors (Lipinski definition) is 0. The van der Waals surface area contributed by atoms with Crippen LogP contribution in [0.3, 0.4) is 0 Å². The second-order valence-electron chi connectivity index (χ2n) is 8.85. The average molecular weight is 483 g/mol. The van der Waals surface area contributed by atoms with E-state index in [1.54, 1.807) is 23.3 Å². The van der Waals surface area contributed by atoms with Gasteiger partial charge in [0.25, 0.3) is 5.56 Å². The van der Waals surface area contributed by atoms with Gasteiger partial charge in [0.1, 0.15) is 0 Å². The molecule has 5 rings (SSSR count). The maximum absolute atomic E-state index is 13.4. The van der Waals surface area contributed by atoms with E-state index >= 15 is 0 Å². The number of thioether (sulfide) groups is 1. The number of carbonyl (C=O) groups is 1. The molecule has 7 heteroatoms. The number of ketones is 1. The average Bonchev–Trinajstić information content (AvgIpc) is 3.26. The number of nitrogens with zero attached hydrogens (tertiary/aromatic N) is 4. The molecule has 0 atom stereocenters. The highest BCUT2D eigenvalue weighted by molar-refractivity contribution is 7.98. The number of fused-ring (bicyclic) bond motifs is 3. The van der Waals surface area contributed by atoms with E-state index in [0.29, 0.717) is 28.6 Å². The standard InChI is InChI=1S/C28H26N4O2S/c1-17-14-18(2)25(20(4)33)19(3)23(17)16-35-28-30-29-27-31(15-21-10-6-5-7-11-21)26(34)22-12-8-9-13-24(22)32(27)28/h5-14H,15-16H2,1-4H3. The van der Waals surface area contributed by atoms with E-state index in [0.717, 1.165) is 38.9 Å². The molecule has 0 aliphatic heterocycles. The van der Waals surface area contributed by atoms with Crippen molar-refractivity contribution >= 4 is 34.2 Å². The summed E-state index contributed by atoms with van der Waals surface area (Å²) < 4.78 is 3.65. The largest absolute Gasteiger partial charge is 0.294 e. The third-order valence-electron chi connectivity index (χ3n) is 6.49. The van der Waals surface area contributed by atoms with E-state index in [-0.39, 0.29) is 11.3 Å². The summed E-state index contributed by atoms with van der Waals surface area (Å²) >= 11 is 1.56. The number of Topliss-reactive ketones (excluding diaryl/α,β-unsaturated/α-hetero) is 1. The first-order chi connectivity index (χ1) is 16.9. The molecule has 0 amide bonds. The molecule has 0 saturated heterocycles. The molecule has 6 nitrogen and oxygen atoms in total. The van der Waals surface area contributed by atoms with Crippen LogP contribution in [0.1, 0.15) is 45.1 Å². The summed E-state index contributed by atoms with van der Waals surface area (Å²) in [6.45, 7) is 8.11. The maximum atomic E-state index is 13.4. The van der Waals surface area contributed by atoms with Gasteiger partial charge < -0.3 is 0 Å². The molecule has 2 heterocycles. The minimum Gasteiger partial charge on any atom is -0.294 e. The molecule has 0 unspecified atom stereocenters. The van der Waals surface area contributed by atoms with Gasteiger partial charge in [-0.05, 0) is 67.6 Å². The lowest BCUT2D eigenvalue weighted by atomic mass is 9.92. The third kappa shape index (κ3) is 4.06. The van der Waals surface area contributed by atoms with E-state index in [1.165, 1.54) is 0 Å². The quantitative estimate of drug-likeness (QED) is 0.236. The van der Waals surface area contributed by atoms with Crippen molar-refractivity contribution in [2.45, 2.75) is 45.1 Å². The van der Waals surface area contributed by atoms with Crippen LogP contribution in [-0.4, -0.2) is 24.9 Å². The van der Waals surface area contributed by atoms with Gasteiger partial charge in [0.15, 0.2) is 10.9 Å². The molecule has 2 aromatic heterocycles. The first-order valence-corrected chi connectivity index (χ1v) is 12.5. The van der Waals surface area contributed by atoms with Crippen molar-refractivity contribution in [1.82, 2.24) is 19.2 Å². The van der Waals surface area contributed by atoms with Gasteiger partial charge in [-0.15, -0.1) is 10.2 Å². The van der Waals surface area contributed by atoms with Gasteiger partial charge in [0.05, 0.1) is 17.4 Å². The molecular weight excluding hydrogens is 456 g/mol. The van der Waals surface area contributed by atoms with E-state index in [1.807, 2.05) is 72.8 Å². The van der Waals surface area contributed by atoms with E-state index in [9.17, 15) is 9.59 Å². The van der Waals surface area contributed by atoms with Gasteiger partial charge in [0.2, 0.25) is 5.78 Å². The summed E-state index contributed by atoms with van der Waals surface area (Å²) in [6.07, 6.45) is 0. The lowest BCUT2D eigenvalue weighted by Gasteiger charge is -2.15. The van der Waals surface area contributed by atoms with Crippen molar-refractivity contribution < 1.29 is 4.79 Å². The van der Waals surface area contributed by atoms with Crippen LogP contribution < -0.4 is 5.56 Å². The van der Waals surface area contributed by atoms with Crippen LogP contribution in [0.25, 0.3) is 16.7 Å². The Morgan fingerprint density at radius 1 is 0.943 bits per heavy atom. The van der Waals surface area contributed by atoms with Crippen molar-refractivity contribution in [1.29, 1.82) is 0 Å². The second-order valence-corrected chi connectivity index (χ2v) is 9.79. The number of hydrogen-bond acceptors (Lipinski definition) is 5. The van der Waals surface area contributed by atoms with Crippen LogP contribution in [0.4, 0.5) is 0 Å². The highest BCUT2D eigenvalue weighted by Crippen LogP contribution is 2.30. The zero-order valence-electron chi connectivity index (χ0n) is 20.2.